The maximum Gasteiger partial charge on any atom is 0.430 e. The molecule has 0 spiro atoms. The number of halogens is 5. The fourth-order valence-corrected chi connectivity index (χ4v) is 2.51. The van der Waals surface area contributed by atoms with Crippen molar-refractivity contribution < 1.29 is 31.5 Å². The summed E-state index contributed by atoms with van der Waals surface area (Å²) in [5.74, 6) is -0.972. The summed E-state index contributed by atoms with van der Waals surface area (Å²) in [6.45, 7) is -3.01. The zero-order chi connectivity index (χ0) is 18.9. The number of rotatable bonds is 3. The van der Waals surface area contributed by atoms with Crippen LogP contribution in [0.1, 0.15) is 6.42 Å². The zero-order valence-corrected chi connectivity index (χ0v) is 13.0. The molecule has 136 valence electrons. The van der Waals surface area contributed by atoms with E-state index in [1.54, 1.807) is 6.07 Å². The highest BCUT2D eigenvalue weighted by Crippen LogP contribution is 2.39. The van der Waals surface area contributed by atoms with Gasteiger partial charge in [-0.15, -0.1) is 0 Å². The number of hydrogen-bond donors (Lipinski definition) is 0. The van der Waals surface area contributed by atoms with Crippen molar-refractivity contribution in [3.05, 3.63) is 48.5 Å². The number of carbonyl (C=O) groups is 1. The first-order valence-corrected chi connectivity index (χ1v) is 7.37. The zero-order valence-electron chi connectivity index (χ0n) is 13.0. The molecule has 2 aromatic rings. The molecule has 0 aromatic heterocycles. The number of hydrogen-bond acceptors (Lipinski definition) is 3. The first-order valence-electron chi connectivity index (χ1n) is 7.37. The number of benzene rings is 2. The fraction of sp³-hybridized carbons (Fsp3) is 0.176. The summed E-state index contributed by atoms with van der Waals surface area (Å²) in [5, 5.41) is 0. The van der Waals surface area contributed by atoms with Crippen LogP contribution in [0, 0.1) is 0 Å². The van der Waals surface area contributed by atoms with Gasteiger partial charge in [-0.25, -0.2) is 4.99 Å². The van der Waals surface area contributed by atoms with Gasteiger partial charge in [-0.2, -0.15) is 22.0 Å². The van der Waals surface area contributed by atoms with Gasteiger partial charge in [-0.1, -0.05) is 12.1 Å². The highest BCUT2D eigenvalue weighted by molar-refractivity contribution is 6.16. The standard InChI is InChI=1S/C17H11F5N2O2/c18-16(19)26-11-7-5-10(6-8-11)24-13-4-2-1-3-12(13)23-14(9-15(24)25)17(20,21)22/h1-8,16H,9H2. The second-order valence-corrected chi connectivity index (χ2v) is 5.32. The number of para-hydroxylation sites is 2. The first-order chi connectivity index (χ1) is 12.3. The Hall–Kier alpha value is -2.97. The number of aliphatic imine (C=N–C) groups is 1. The van der Waals surface area contributed by atoms with Gasteiger partial charge in [0.15, 0.2) is 0 Å². The number of carbonyl (C=O) groups excluding carboxylic acids is 1. The molecule has 0 saturated carbocycles. The SMILES string of the molecule is O=C1CC(C(F)(F)F)=Nc2ccccc2N1c1ccc(OC(F)F)cc1. The summed E-state index contributed by atoms with van der Waals surface area (Å²) in [7, 11) is 0. The van der Waals surface area contributed by atoms with Crippen molar-refractivity contribution in [2.75, 3.05) is 4.90 Å². The predicted octanol–water partition coefficient (Wildman–Crippen LogP) is 4.99. The van der Waals surface area contributed by atoms with Crippen molar-refractivity contribution in [3.8, 4) is 5.75 Å². The Balaban J connectivity index is 2.03. The van der Waals surface area contributed by atoms with Crippen LogP contribution < -0.4 is 9.64 Å². The number of fused-ring (bicyclic) bond motifs is 1. The number of ether oxygens (including phenoxy) is 1. The Morgan fingerprint density at radius 2 is 1.69 bits per heavy atom. The molecule has 2 aromatic carbocycles. The van der Waals surface area contributed by atoms with Crippen LogP contribution in [0.4, 0.5) is 39.0 Å². The summed E-state index contributed by atoms with van der Waals surface area (Å²) in [5.41, 5.74) is -0.837. The highest BCUT2D eigenvalue weighted by atomic mass is 19.4. The maximum absolute atomic E-state index is 13.1. The smallest absolute Gasteiger partial charge is 0.430 e. The van der Waals surface area contributed by atoms with E-state index in [4.69, 9.17) is 0 Å². The molecule has 0 saturated heterocycles. The van der Waals surface area contributed by atoms with Crippen molar-refractivity contribution in [1.29, 1.82) is 0 Å². The van der Waals surface area contributed by atoms with Crippen molar-refractivity contribution in [2.24, 2.45) is 4.99 Å². The summed E-state index contributed by atoms with van der Waals surface area (Å²) in [6.07, 6.45) is -5.68. The topological polar surface area (TPSA) is 41.9 Å². The van der Waals surface area contributed by atoms with Gasteiger partial charge in [0.1, 0.15) is 11.5 Å². The molecule has 26 heavy (non-hydrogen) atoms. The third-order valence-corrected chi connectivity index (χ3v) is 3.59. The van der Waals surface area contributed by atoms with Gasteiger partial charge in [0.05, 0.1) is 17.8 Å². The van der Waals surface area contributed by atoms with E-state index in [-0.39, 0.29) is 22.8 Å². The Kier molecular flexibility index (Phi) is 4.62. The highest BCUT2D eigenvalue weighted by Gasteiger charge is 2.40. The summed E-state index contributed by atoms with van der Waals surface area (Å²) in [4.78, 5) is 17.2. The number of anilines is 2. The lowest BCUT2D eigenvalue weighted by Crippen LogP contribution is -2.31. The largest absolute Gasteiger partial charge is 0.435 e. The monoisotopic (exact) mass is 370 g/mol. The molecule has 9 heteroatoms. The van der Waals surface area contributed by atoms with E-state index in [0.717, 1.165) is 4.90 Å². The van der Waals surface area contributed by atoms with Gasteiger partial charge >= 0.3 is 12.8 Å². The minimum atomic E-state index is -4.74. The molecule has 0 N–H and O–H groups in total. The quantitative estimate of drug-likeness (QED) is 0.715. The molecule has 0 aliphatic carbocycles. The van der Waals surface area contributed by atoms with Crippen LogP contribution in [0.3, 0.4) is 0 Å². The molecule has 1 heterocycles. The van der Waals surface area contributed by atoms with Crippen molar-refractivity contribution in [2.45, 2.75) is 19.2 Å². The van der Waals surface area contributed by atoms with E-state index in [0.29, 0.717) is 0 Å². The number of amides is 1. The molecule has 1 aliphatic heterocycles. The van der Waals surface area contributed by atoms with Gasteiger partial charge < -0.3 is 4.74 Å². The van der Waals surface area contributed by atoms with Crippen LogP contribution in [0.5, 0.6) is 5.75 Å². The average molecular weight is 370 g/mol. The molecule has 1 aliphatic rings. The second kappa shape index (κ2) is 6.74. The van der Waals surface area contributed by atoms with E-state index in [1.807, 2.05) is 0 Å². The third kappa shape index (κ3) is 3.66. The molecule has 0 bridgehead atoms. The normalized spacial score (nSPS) is 14.8. The van der Waals surface area contributed by atoms with Gasteiger partial charge in [-0.3, -0.25) is 9.69 Å². The van der Waals surface area contributed by atoms with Crippen LogP contribution in [-0.4, -0.2) is 24.4 Å². The average Bonchev–Trinajstić information content (AvgIpc) is 2.71. The fourth-order valence-electron chi connectivity index (χ4n) is 2.51. The minimum absolute atomic E-state index is 0.0152. The molecular formula is C17H11F5N2O2. The first kappa shape index (κ1) is 17.8. The minimum Gasteiger partial charge on any atom is -0.435 e. The van der Waals surface area contributed by atoms with E-state index < -0.39 is 30.8 Å². The Labute approximate surface area is 144 Å². The summed E-state index contributed by atoms with van der Waals surface area (Å²) >= 11 is 0. The van der Waals surface area contributed by atoms with E-state index in [2.05, 4.69) is 9.73 Å². The van der Waals surface area contributed by atoms with Crippen LogP contribution >= 0.6 is 0 Å². The summed E-state index contributed by atoms with van der Waals surface area (Å²) in [6, 6.07) is 10.9. The van der Waals surface area contributed by atoms with Crippen molar-refractivity contribution >= 4 is 28.7 Å². The number of alkyl halides is 5. The van der Waals surface area contributed by atoms with Crippen LogP contribution in [0.25, 0.3) is 0 Å². The lowest BCUT2D eigenvalue weighted by molar-refractivity contribution is -0.117. The van der Waals surface area contributed by atoms with Crippen LogP contribution in [-0.2, 0) is 4.79 Å². The molecular weight excluding hydrogens is 359 g/mol. The van der Waals surface area contributed by atoms with Gasteiger partial charge in [-0.05, 0) is 36.4 Å². The van der Waals surface area contributed by atoms with Crippen molar-refractivity contribution in [3.63, 3.8) is 0 Å². The second-order valence-electron chi connectivity index (χ2n) is 5.32. The molecule has 0 fully saturated rings. The van der Waals surface area contributed by atoms with E-state index >= 15 is 0 Å². The Morgan fingerprint density at radius 3 is 2.31 bits per heavy atom. The van der Waals surface area contributed by atoms with E-state index in [1.165, 1.54) is 42.5 Å². The molecule has 3 rings (SSSR count). The molecule has 0 atom stereocenters. The molecule has 4 nitrogen and oxygen atoms in total. The lowest BCUT2D eigenvalue weighted by Gasteiger charge is -2.22. The lowest BCUT2D eigenvalue weighted by atomic mass is 10.2. The van der Waals surface area contributed by atoms with E-state index in [9.17, 15) is 26.7 Å². The van der Waals surface area contributed by atoms with Gasteiger partial charge in [0, 0.05) is 5.69 Å². The Morgan fingerprint density at radius 1 is 1.04 bits per heavy atom. The predicted molar refractivity (Wildman–Crippen MR) is 84.4 cm³/mol. The Bertz CT molecular complexity index is 847. The summed E-state index contributed by atoms with van der Waals surface area (Å²) < 4.78 is 68.0. The van der Waals surface area contributed by atoms with Crippen molar-refractivity contribution in [1.82, 2.24) is 0 Å². The van der Waals surface area contributed by atoms with Crippen LogP contribution in [0.15, 0.2) is 53.5 Å². The third-order valence-electron chi connectivity index (χ3n) is 3.59. The van der Waals surface area contributed by atoms with Crippen LogP contribution in [0.2, 0.25) is 0 Å². The van der Waals surface area contributed by atoms with Gasteiger partial charge in [0.25, 0.3) is 0 Å². The maximum atomic E-state index is 13.1. The van der Waals surface area contributed by atoms with Gasteiger partial charge in [0.2, 0.25) is 5.91 Å². The number of nitrogens with zero attached hydrogens (tertiary/aromatic N) is 2. The molecule has 0 radical (unpaired) electrons. The molecule has 1 amide bonds. The molecule has 0 unspecified atom stereocenters.